The number of hydrogen-bond donors (Lipinski definition) is 3. The Labute approximate surface area is 126 Å². The van der Waals surface area contributed by atoms with Gasteiger partial charge in [0, 0.05) is 17.3 Å². The predicted octanol–water partition coefficient (Wildman–Crippen LogP) is 1.25. The smallest absolute Gasteiger partial charge is 0.252 e. The largest absolute Gasteiger partial charge is 0.502 e. The topological polar surface area (TPSA) is 109 Å². The van der Waals surface area contributed by atoms with E-state index in [0.717, 1.165) is 0 Å². The highest BCUT2D eigenvalue weighted by Gasteiger charge is 2.10. The van der Waals surface area contributed by atoms with Crippen molar-refractivity contribution in [1.82, 2.24) is 9.97 Å². The van der Waals surface area contributed by atoms with Gasteiger partial charge < -0.3 is 14.6 Å². The summed E-state index contributed by atoms with van der Waals surface area (Å²) in [5.74, 6) is 0.685. The van der Waals surface area contributed by atoms with Gasteiger partial charge in [-0.05, 0) is 19.1 Å². The minimum atomic E-state index is -0.266. The first-order valence-corrected chi connectivity index (χ1v) is 6.35. The standard InChI is InChI=1S/C14H16N4O4/c1-8-4-12(19)17-14(16-8)18-15-7-9-5-10(21-2)13(20)11(6-9)22-3/h4-7,20H,1-3H3,(H2,16,17,18,19)/b15-7-. The molecule has 0 aliphatic rings. The van der Waals surface area contributed by atoms with Crippen LogP contribution in [0.1, 0.15) is 11.3 Å². The number of benzene rings is 1. The van der Waals surface area contributed by atoms with E-state index in [1.54, 1.807) is 19.1 Å². The third-order valence-electron chi connectivity index (χ3n) is 2.76. The number of H-pyrrole nitrogens is 1. The molecule has 1 heterocycles. The Morgan fingerprint density at radius 3 is 2.45 bits per heavy atom. The summed E-state index contributed by atoms with van der Waals surface area (Å²) in [6, 6.07) is 4.56. The van der Waals surface area contributed by atoms with Gasteiger partial charge in [-0.2, -0.15) is 5.10 Å². The van der Waals surface area contributed by atoms with Gasteiger partial charge in [0.2, 0.25) is 11.7 Å². The molecule has 22 heavy (non-hydrogen) atoms. The number of aryl methyl sites for hydroxylation is 1. The Morgan fingerprint density at radius 2 is 1.91 bits per heavy atom. The molecular formula is C14H16N4O4. The second kappa shape index (κ2) is 6.61. The molecule has 0 atom stereocenters. The summed E-state index contributed by atoms with van der Waals surface area (Å²) < 4.78 is 10.1. The molecule has 0 aliphatic heterocycles. The van der Waals surface area contributed by atoms with Crippen LogP contribution < -0.4 is 20.5 Å². The summed E-state index contributed by atoms with van der Waals surface area (Å²) in [5.41, 5.74) is 3.57. The van der Waals surface area contributed by atoms with Crippen molar-refractivity contribution in [2.24, 2.45) is 5.10 Å². The fourth-order valence-corrected chi connectivity index (χ4v) is 1.79. The van der Waals surface area contributed by atoms with Gasteiger partial charge >= 0.3 is 0 Å². The third kappa shape index (κ3) is 3.54. The number of nitrogens with zero attached hydrogens (tertiary/aromatic N) is 2. The molecule has 0 radical (unpaired) electrons. The van der Waals surface area contributed by atoms with Crippen LogP contribution in [-0.4, -0.2) is 35.5 Å². The zero-order valence-electron chi connectivity index (χ0n) is 12.4. The van der Waals surface area contributed by atoms with Crippen molar-refractivity contribution >= 4 is 12.2 Å². The molecule has 3 N–H and O–H groups in total. The summed E-state index contributed by atoms with van der Waals surface area (Å²) in [6.45, 7) is 1.71. The normalized spacial score (nSPS) is 10.7. The van der Waals surface area contributed by atoms with Gasteiger partial charge in [0.05, 0.1) is 20.4 Å². The first kappa shape index (κ1) is 15.4. The van der Waals surface area contributed by atoms with Gasteiger partial charge in [0.1, 0.15) is 0 Å². The van der Waals surface area contributed by atoms with E-state index in [4.69, 9.17) is 9.47 Å². The number of hydrazone groups is 1. The molecule has 8 heteroatoms. The maximum Gasteiger partial charge on any atom is 0.252 e. The van der Waals surface area contributed by atoms with Crippen LogP contribution in [0.3, 0.4) is 0 Å². The van der Waals surface area contributed by atoms with Crippen LogP contribution in [0.5, 0.6) is 17.2 Å². The van der Waals surface area contributed by atoms with Gasteiger partial charge in [0.15, 0.2) is 11.5 Å². The number of aromatic nitrogens is 2. The van der Waals surface area contributed by atoms with E-state index < -0.39 is 0 Å². The van der Waals surface area contributed by atoms with Crippen LogP contribution in [0.25, 0.3) is 0 Å². The van der Waals surface area contributed by atoms with E-state index in [-0.39, 0.29) is 28.8 Å². The Balaban J connectivity index is 2.21. The molecule has 2 rings (SSSR count). The van der Waals surface area contributed by atoms with E-state index in [1.807, 2.05) is 0 Å². The maximum absolute atomic E-state index is 11.3. The molecule has 0 fully saturated rings. The van der Waals surface area contributed by atoms with Gasteiger partial charge in [-0.3, -0.25) is 9.78 Å². The van der Waals surface area contributed by atoms with Gasteiger partial charge in [-0.1, -0.05) is 0 Å². The Morgan fingerprint density at radius 1 is 1.27 bits per heavy atom. The van der Waals surface area contributed by atoms with Gasteiger partial charge in [0.25, 0.3) is 5.56 Å². The average Bonchev–Trinajstić information content (AvgIpc) is 2.47. The summed E-state index contributed by atoms with van der Waals surface area (Å²) >= 11 is 0. The second-order valence-corrected chi connectivity index (χ2v) is 4.38. The van der Waals surface area contributed by atoms with Crippen LogP contribution in [0.2, 0.25) is 0 Å². The number of methoxy groups -OCH3 is 2. The van der Waals surface area contributed by atoms with Gasteiger partial charge in [-0.15, -0.1) is 0 Å². The van der Waals surface area contributed by atoms with E-state index in [2.05, 4.69) is 20.5 Å². The summed E-state index contributed by atoms with van der Waals surface area (Å²) in [7, 11) is 2.88. The monoisotopic (exact) mass is 304 g/mol. The molecule has 0 saturated heterocycles. The van der Waals surface area contributed by atoms with Crippen LogP contribution >= 0.6 is 0 Å². The lowest BCUT2D eigenvalue weighted by atomic mass is 10.2. The quantitative estimate of drug-likeness (QED) is 0.566. The van der Waals surface area contributed by atoms with Crippen molar-refractivity contribution in [2.75, 3.05) is 19.6 Å². The Hall–Kier alpha value is -3.03. The highest BCUT2D eigenvalue weighted by Crippen LogP contribution is 2.36. The zero-order valence-corrected chi connectivity index (χ0v) is 12.4. The van der Waals surface area contributed by atoms with Crippen LogP contribution in [0.15, 0.2) is 28.1 Å². The van der Waals surface area contributed by atoms with E-state index in [0.29, 0.717) is 11.3 Å². The number of phenols is 1. The number of hydrogen-bond acceptors (Lipinski definition) is 7. The molecule has 0 bridgehead atoms. The van der Waals surface area contributed by atoms with E-state index in [9.17, 15) is 9.90 Å². The van der Waals surface area contributed by atoms with Crippen LogP contribution in [0, 0.1) is 6.92 Å². The summed E-state index contributed by atoms with van der Waals surface area (Å²) in [6.07, 6.45) is 1.48. The van der Waals surface area contributed by atoms with Gasteiger partial charge in [-0.25, -0.2) is 10.4 Å². The number of ether oxygens (including phenoxy) is 2. The molecule has 8 nitrogen and oxygen atoms in total. The van der Waals surface area contributed by atoms with Crippen LogP contribution in [-0.2, 0) is 0 Å². The van der Waals surface area contributed by atoms with Crippen LogP contribution in [0.4, 0.5) is 5.95 Å². The minimum Gasteiger partial charge on any atom is -0.502 e. The lowest BCUT2D eigenvalue weighted by Crippen LogP contribution is -2.10. The fraction of sp³-hybridized carbons (Fsp3) is 0.214. The molecular weight excluding hydrogens is 288 g/mol. The lowest BCUT2D eigenvalue weighted by molar-refractivity contribution is 0.340. The number of aromatic amines is 1. The SMILES string of the molecule is COc1cc(/C=N\Nc2nc(C)cc(=O)[nH]2)cc(OC)c1O. The Kier molecular flexibility index (Phi) is 4.62. The summed E-state index contributed by atoms with van der Waals surface area (Å²) in [4.78, 5) is 17.9. The van der Waals surface area contributed by atoms with E-state index in [1.165, 1.54) is 26.5 Å². The van der Waals surface area contributed by atoms with Crippen molar-refractivity contribution in [3.8, 4) is 17.2 Å². The average molecular weight is 304 g/mol. The molecule has 1 aromatic carbocycles. The van der Waals surface area contributed by atoms with Crippen molar-refractivity contribution in [2.45, 2.75) is 6.92 Å². The molecule has 116 valence electrons. The molecule has 0 spiro atoms. The summed E-state index contributed by atoms with van der Waals surface area (Å²) in [5, 5.41) is 13.8. The number of anilines is 1. The highest BCUT2D eigenvalue weighted by molar-refractivity contribution is 5.82. The first-order valence-electron chi connectivity index (χ1n) is 6.35. The molecule has 1 aromatic heterocycles. The molecule has 0 saturated carbocycles. The zero-order chi connectivity index (χ0) is 16.1. The van der Waals surface area contributed by atoms with Crippen molar-refractivity contribution in [1.29, 1.82) is 0 Å². The molecule has 0 aliphatic carbocycles. The fourth-order valence-electron chi connectivity index (χ4n) is 1.79. The highest BCUT2D eigenvalue weighted by atomic mass is 16.5. The van der Waals surface area contributed by atoms with Crippen molar-refractivity contribution < 1.29 is 14.6 Å². The predicted molar refractivity (Wildman–Crippen MR) is 82.0 cm³/mol. The molecule has 2 aromatic rings. The maximum atomic E-state index is 11.3. The lowest BCUT2D eigenvalue weighted by Gasteiger charge is -2.09. The minimum absolute atomic E-state index is 0.0835. The number of aromatic hydroxyl groups is 1. The number of nitrogens with one attached hydrogen (secondary N) is 2. The number of phenolic OH excluding ortho intramolecular Hbond substituents is 1. The van der Waals surface area contributed by atoms with E-state index >= 15 is 0 Å². The molecule has 0 unspecified atom stereocenters. The second-order valence-electron chi connectivity index (χ2n) is 4.38. The third-order valence-corrected chi connectivity index (χ3v) is 2.76. The molecule has 0 amide bonds. The Bertz CT molecular complexity index is 730. The van der Waals surface area contributed by atoms with Crippen molar-refractivity contribution in [3.05, 3.63) is 39.8 Å². The number of rotatable bonds is 5. The first-order chi connectivity index (χ1) is 10.5. The van der Waals surface area contributed by atoms with Crippen molar-refractivity contribution in [3.63, 3.8) is 0 Å².